The van der Waals surface area contributed by atoms with Gasteiger partial charge >= 0.3 is 0 Å². The summed E-state index contributed by atoms with van der Waals surface area (Å²) in [6.07, 6.45) is 2.37. The predicted molar refractivity (Wildman–Crippen MR) is 128 cm³/mol. The summed E-state index contributed by atoms with van der Waals surface area (Å²) in [7, 11) is 1.56. The molecule has 4 rings (SSSR count). The van der Waals surface area contributed by atoms with E-state index in [0.717, 1.165) is 23.2 Å². The quantitative estimate of drug-likeness (QED) is 0.337. The number of nitrogens with zero attached hydrogens (tertiary/aromatic N) is 2. The number of ether oxygens (including phenoxy) is 2. The zero-order chi connectivity index (χ0) is 22.5. The number of nitriles is 1. The monoisotopic (exact) mass is 488 g/mol. The van der Waals surface area contributed by atoms with Crippen molar-refractivity contribution in [2.45, 2.75) is 13.0 Å². The number of rotatable bonds is 6. The number of halogens is 1. The van der Waals surface area contributed by atoms with Crippen molar-refractivity contribution in [3.8, 4) is 17.6 Å². The van der Waals surface area contributed by atoms with E-state index in [1.807, 2.05) is 60.7 Å². The van der Waals surface area contributed by atoms with Gasteiger partial charge in [0.05, 0.1) is 11.6 Å². The maximum absolute atomic E-state index is 13.1. The molecule has 0 atom stereocenters. The van der Waals surface area contributed by atoms with E-state index in [2.05, 4.69) is 22.0 Å². The maximum Gasteiger partial charge on any atom is 0.268 e. The highest BCUT2D eigenvalue weighted by molar-refractivity contribution is 9.10. The summed E-state index contributed by atoms with van der Waals surface area (Å²) in [4.78, 5) is 14.7. The fraction of sp³-hybridized carbons (Fsp3) is 0.154. The van der Waals surface area contributed by atoms with Crippen LogP contribution in [0.3, 0.4) is 0 Å². The van der Waals surface area contributed by atoms with Crippen molar-refractivity contribution in [3.63, 3.8) is 0 Å². The molecule has 0 fully saturated rings. The number of hydrogen-bond acceptors (Lipinski definition) is 4. The molecule has 0 saturated carbocycles. The number of para-hydroxylation sites is 1. The third kappa shape index (κ3) is 4.53. The molecule has 0 radical (unpaired) electrons. The van der Waals surface area contributed by atoms with Crippen molar-refractivity contribution in [1.82, 2.24) is 0 Å². The Hall–Kier alpha value is -3.56. The first-order valence-corrected chi connectivity index (χ1v) is 11.0. The lowest BCUT2D eigenvalue weighted by atomic mass is 10.1. The van der Waals surface area contributed by atoms with E-state index in [4.69, 9.17) is 9.47 Å². The molecule has 0 aromatic heterocycles. The first-order valence-electron chi connectivity index (χ1n) is 10.2. The molecule has 1 heterocycles. The van der Waals surface area contributed by atoms with Crippen molar-refractivity contribution in [1.29, 1.82) is 5.26 Å². The average molecular weight is 489 g/mol. The van der Waals surface area contributed by atoms with E-state index in [9.17, 15) is 10.1 Å². The van der Waals surface area contributed by atoms with Crippen LogP contribution in [-0.4, -0.2) is 19.6 Å². The maximum atomic E-state index is 13.1. The van der Waals surface area contributed by atoms with Gasteiger partial charge in [0.25, 0.3) is 5.91 Å². The number of carbonyl (C=O) groups is 1. The zero-order valence-corrected chi connectivity index (χ0v) is 19.1. The van der Waals surface area contributed by atoms with Crippen LogP contribution >= 0.6 is 15.9 Å². The van der Waals surface area contributed by atoms with Gasteiger partial charge in [-0.25, -0.2) is 0 Å². The van der Waals surface area contributed by atoms with Gasteiger partial charge in [0.15, 0.2) is 11.5 Å². The molecular formula is C26H21BrN2O3. The Bertz CT molecular complexity index is 1220. The molecule has 160 valence electrons. The summed E-state index contributed by atoms with van der Waals surface area (Å²) in [5.74, 6) is 0.765. The molecule has 1 aliphatic rings. The normalized spacial score (nSPS) is 12.8. The summed E-state index contributed by atoms with van der Waals surface area (Å²) < 4.78 is 12.2. The third-order valence-corrected chi connectivity index (χ3v) is 5.86. The first-order chi connectivity index (χ1) is 15.6. The molecule has 0 saturated heterocycles. The Morgan fingerprint density at radius 3 is 2.66 bits per heavy atom. The van der Waals surface area contributed by atoms with E-state index >= 15 is 0 Å². The second-order valence-electron chi connectivity index (χ2n) is 7.31. The van der Waals surface area contributed by atoms with Gasteiger partial charge in [-0.15, -0.1) is 0 Å². The van der Waals surface area contributed by atoms with Crippen molar-refractivity contribution in [2.24, 2.45) is 0 Å². The summed E-state index contributed by atoms with van der Waals surface area (Å²) in [5, 5.41) is 9.69. The topological polar surface area (TPSA) is 62.6 Å². The molecule has 0 spiro atoms. The molecule has 0 bridgehead atoms. The Morgan fingerprint density at radius 2 is 1.91 bits per heavy atom. The number of anilines is 1. The van der Waals surface area contributed by atoms with Crippen molar-refractivity contribution >= 4 is 33.6 Å². The Balaban J connectivity index is 1.59. The fourth-order valence-corrected chi connectivity index (χ4v) is 4.27. The van der Waals surface area contributed by atoms with Gasteiger partial charge in [-0.1, -0.05) is 48.5 Å². The van der Waals surface area contributed by atoms with Gasteiger partial charge in [-0.2, -0.15) is 5.26 Å². The molecule has 32 heavy (non-hydrogen) atoms. The summed E-state index contributed by atoms with van der Waals surface area (Å²) >= 11 is 3.54. The fourth-order valence-electron chi connectivity index (χ4n) is 3.70. The Labute approximate surface area is 195 Å². The van der Waals surface area contributed by atoms with Crippen LogP contribution in [0.15, 0.2) is 76.8 Å². The second-order valence-corrected chi connectivity index (χ2v) is 8.17. The smallest absolute Gasteiger partial charge is 0.268 e. The van der Waals surface area contributed by atoms with E-state index < -0.39 is 0 Å². The predicted octanol–water partition coefficient (Wildman–Crippen LogP) is 5.53. The summed E-state index contributed by atoms with van der Waals surface area (Å²) in [5.41, 5.74) is 3.74. The van der Waals surface area contributed by atoms with Gasteiger partial charge in [0, 0.05) is 12.2 Å². The van der Waals surface area contributed by atoms with Crippen LogP contribution in [0, 0.1) is 11.3 Å². The number of benzene rings is 3. The minimum atomic E-state index is -0.308. The van der Waals surface area contributed by atoms with Crippen LogP contribution < -0.4 is 14.4 Å². The zero-order valence-electron chi connectivity index (χ0n) is 17.5. The molecule has 1 aliphatic heterocycles. The highest BCUT2D eigenvalue weighted by Crippen LogP contribution is 2.38. The SMILES string of the molecule is COc1cc(C=C(C#N)C(=O)N2CCc3ccccc32)cc(Br)c1OCc1ccccc1. The van der Waals surface area contributed by atoms with E-state index in [-0.39, 0.29) is 11.5 Å². The van der Waals surface area contributed by atoms with Gasteiger partial charge in [-0.3, -0.25) is 4.79 Å². The van der Waals surface area contributed by atoms with Crippen molar-refractivity contribution in [2.75, 3.05) is 18.6 Å². The molecule has 1 amide bonds. The van der Waals surface area contributed by atoms with Gasteiger partial charge in [0.2, 0.25) is 0 Å². The molecular weight excluding hydrogens is 468 g/mol. The lowest BCUT2D eigenvalue weighted by molar-refractivity contribution is -0.114. The summed E-state index contributed by atoms with van der Waals surface area (Å²) in [6.45, 7) is 0.956. The lowest BCUT2D eigenvalue weighted by Crippen LogP contribution is -2.29. The van der Waals surface area contributed by atoms with E-state index in [1.54, 1.807) is 24.2 Å². The average Bonchev–Trinajstić information content (AvgIpc) is 3.26. The number of fused-ring (bicyclic) bond motifs is 1. The largest absolute Gasteiger partial charge is 0.493 e. The van der Waals surface area contributed by atoms with E-state index in [1.165, 1.54) is 0 Å². The molecule has 0 unspecified atom stereocenters. The molecule has 6 heteroatoms. The van der Waals surface area contributed by atoms with Crippen molar-refractivity contribution in [3.05, 3.63) is 93.5 Å². The molecule has 3 aromatic carbocycles. The number of hydrogen-bond donors (Lipinski definition) is 0. The van der Waals surface area contributed by atoms with Crippen LogP contribution in [0.5, 0.6) is 11.5 Å². The van der Waals surface area contributed by atoms with Gasteiger partial charge in [-0.05, 0) is 63.3 Å². The highest BCUT2D eigenvalue weighted by Gasteiger charge is 2.26. The minimum Gasteiger partial charge on any atom is -0.493 e. The van der Waals surface area contributed by atoms with Crippen LogP contribution in [0.25, 0.3) is 6.08 Å². The van der Waals surface area contributed by atoms with Crippen LogP contribution in [0.4, 0.5) is 5.69 Å². The number of methoxy groups -OCH3 is 1. The number of carbonyl (C=O) groups excluding carboxylic acids is 1. The minimum absolute atomic E-state index is 0.0635. The summed E-state index contributed by atoms with van der Waals surface area (Å²) in [6, 6.07) is 23.2. The van der Waals surface area contributed by atoms with Crippen molar-refractivity contribution < 1.29 is 14.3 Å². The first kappa shape index (κ1) is 21.7. The lowest BCUT2D eigenvalue weighted by Gasteiger charge is -2.17. The third-order valence-electron chi connectivity index (χ3n) is 5.27. The van der Waals surface area contributed by atoms with Gasteiger partial charge < -0.3 is 14.4 Å². The van der Waals surface area contributed by atoms with Crippen LogP contribution in [0.1, 0.15) is 16.7 Å². The number of amides is 1. The molecule has 0 aliphatic carbocycles. The molecule has 5 nitrogen and oxygen atoms in total. The highest BCUT2D eigenvalue weighted by atomic mass is 79.9. The van der Waals surface area contributed by atoms with E-state index in [0.29, 0.717) is 34.7 Å². The van der Waals surface area contributed by atoms with Crippen LogP contribution in [0.2, 0.25) is 0 Å². The van der Waals surface area contributed by atoms with Crippen LogP contribution in [-0.2, 0) is 17.8 Å². The molecule has 0 N–H and O–H groups in total. The van der Waals surface area contributed by atoms with Gasteiger partial charge in [0.1, 0.15) is 18.2 Å². The Kier molecular flexibility index (Phi) is 6.58. The second kappa shape index (κ2) is 9.71. The molecule has 3 aromatic rings. The Morgan fingerprint density at radius 1 is 1.16 bits per heavy atom. The standard InChI is InChI=1S/C26H21BrN2O3/c1-31-24-15-19(14-22(27)25(24)32-17-18-7-3-2-4-8-18)13-21(16-28)26(30)29-12-11-20-9-5-6-10-23(20)29/h2-10,13-15H,11-12,17H2,1H3.